The molecule has 2 unspecified atom stereocenters. The zero-order chi connectivity index (χ0) is 23.8. The number of nitrogens with zero attached hydrogens (tertiary/aromatic N) is 1. The molecule has 1 aromatic rings. The Morgan fingerprint density at radius 2 is 2.06 bits per heavy atom. The number of Topliss-reactive ketones (excluding diaryl/α,β-unsaturated/α-hetero) is 1. The van der Waals surface area contributed by atoms with Gasteiger partial charge in [0.05, 0.1) is 11.7 Å². The van der Waals surface area contributed by atoms with Gasteiger partial charge in [-0.3, -0.25) is 14.7 Å². The Balaban J connectivity index is 1.14. The number of rotatable bonds is 13. The van der Waals surface area contributed by atoms with Crippen molar-refractivity contribution in [1.82, 2.24) is 0 Å². The van der Waals surface area contributed by atoms with Crippen LogP contribution in [0.1, 0.15) is 76.2 Å². The number of fused-ring (bicyclic) bond motifs is 1. The summed E-state index contributed by atoms with van der Waals surface area (Å²) in [4.78, 5) is 17.8. The number of benzene rings is 1. The van der Waals surface area contributed by atoms with E-state index >= 15 is 0 Å². The van der Waals surface area contributed by atoms with Crippen LogP contribution in [-0.4, -0.2) is 41.1 Å². The number of aliphatic hydroxyl groups excluding tert-OH is 1. The minimum Gasteiger partial charge on any atom is -0.504 e. The van der Waals surface area contributed by atoms with Crippen molar-refractivity contribution >= 4 is 11.5 Å². The number of hydrogen-bond donors (Lipinski definition) is 3. The van der Waals surface area contributed by atoms with Gasteiger partial charge in [0.2, 0.25) is 6.73 Å². The fraction of sp³-hybridized carbons (Fsp3) is 0.571. The van der Waals surface area contributed by atoms with Gasteiger partial charge in [-0.15, -0.1) is 0 Å². The van der Waals surface area contributed by atoms with Crippen molar-refractivity contribution in [1.29, 1.82) is 0 Å². The Labute approximate surface area is 203 Å². The first-order valence-corrected chi connectivity index (χ1v) is 13.0. The summed E-state index contributed by atoms with van der Waals surface area (Å²) >= 11 is 0. The lowest BCUT2D eigenvalue weighted by molar-refractivity contribution is -0.851. The quantitative estimate of drug-likeness (QED) is 0.385. The Hall–Kier alpha value is -2.44. The number of phenols is 1. The molecule has 1 saturated carbocycles. The molecule has 1 fully saturated rings. The van der Waals surface area contributed by atoms with Crippen LogP contribution in [0.25, 0.3) is 0 Å². The number of carbonyl (C=O) groups excluding carboxylic acids is 1. The van der Waals surface area contributed by atoms with Crippen molar-refractivity contribution in [2.45, 2.75) is 83.2 Å². The highest BCUT2D eigenvalue weighted by Crippen LogP contribution is 2.29. The molecule has 6 nitrogen and oxygen atoms in total. The average molecular weight is 468 g/mol. The van der Waals surface area contributed by atoms with Crippen LogP contribution in [0.4, 0.5) is 0 Å². The summed E-state index contributed by atoms with van der Waals surface area (Å²) in [6, 6.07) is 5.26. The molecule has 0 spiro atoms. The highest BCUT2D eigenvalue weighted by Gasteiger charge is 2.25. The lowest BCUT2D eigenvalue weighted by Crippen LogP contribution is -3.07. The maximum absolute atomic E-state index is 12.4. The van der Waals surface area contributed by atoms with Gasteiger partial charge in [0, 0.05) is 19.0 Å². The van der Waals surface area contributed by atoms with E-state index in [1.165, 1.54) is 38.5 Å². The highest BCUT2D eigenvalue weighted by atomic mass is 16.5. The molecule has 2 heterocycles. The van der Waals surface area contributed by atoms with Gasteiger partial charge < -0.3 is 14.9 Å². The average Bonchev–Trinajstić information content (AvgIpc) is 3.43. The summed E-state index contributed by atoms with van der Waals surface area (Å²) in [6.45, 7) is 1.18. The van der Waals surface area contributed by atoms with Crippen LogP contribution < -0.4 is 9.64 Å². The van der Waals surface area contributed by atoms with E-state index < -0.39 is 6.10 Å². The molecule has 0 bridgehead atoms. The maximum atomic E-state index is 12.4. The van der Waals surface area contributed by atoms with Crippen LogP contribution in [0, 0.1) is 5.92 Å². The molecule has 6 heteroatoms. The Bertz CT molecular complexity index is 930. The van der Waals surface area contributed by atoms with E-state index in [2.05, 4.69) is 11.2 Å². The molecule has 34 heavy (non-hydrogen) atoms. The first-order chi connectivity index (χ1) is 16.6. The summed E-state index contributed by atoms with van der Waals surface area (Å²) in [5.41, 5.74) is 3.16. The number of unbranched alkanes of at least 4 members (excludes halogenated alkanes) is 1. The van der Waals surface area contributed by atoms with Crippen LogP contribution in [0.5, 0.6) is 11.5 Å². The summed E-state index contributed by atoms with van der Waals surface area (Å²) < 4.78 is 5.86. The van der Waals surface area contributed by atoms with Gasteiger partial charge in [0.25, 0.3) is 0 Å². The third-order valence-electron chi connectivity index (χ3n) is 7.29. The van der Waals surface area contributed by atoms with Gasteiger partial charge in [0.15, 0.2) is 11.5 Å². The third-order valence-corrected chi connectivity index (χ3v) is 7.29. The second-order valence-corrected chi connectivity index (χ2v) is 10.1. The first-order valence-electron chi connectivity index (χ1n) is 13.0. The number of phenolic OH excluding ortho intramolecular Hbond substituents is 1. The van der Waals surface area contributed by atoms with Crippen LogP contribution in [0.15, 0.2) is 47.2 Å². The second-order valence-electron chi connectivity index (χ2n) is 10.1. The topological polar surface area (TPSA) is 83.6 Å². The number of ketones is 1. The van der Waals surface area contributed by atoms with Gasteiger partial charge in [-0.25, -0.2) is 0 Å². The number of hydrogen-bond acceptors (Lipinski definition) is 5. The molecule has 0 saturated heterocycles. The first kappa shape index (κ1) is 24.7. The van der Waals surface area contributed by atoms with E-state index in [9.17, 15) is 15.0 Å². The van der Waals surface area contributed by atoms with Gasteiger partial charge in [-0.1, -0.05) is 57.4 Å². The zero-order valence-corrected chi connectivity index (χ0v) is 20.2. The van der Waals surface area contributed by atoms with E-state index in [1.807, 2.05) is 24.4 Å². The normalized spacial score (nSPS) is 20.7. The Kier molecular flexibility index (Phi) is 8.94. The summed E-state index contributed by atoms with van der Waals surface area (Å²) in [7, 11) is 0. The number of carbonyl (C=O) groups is 1. The number of aliphatic hydroxyl groups is 1. The number of aliphatic imine (C=N–C) groups is 1. The SMILES string of the molecule is O=C(CCc1ccc(O)c(OC[NH+]2C=C3C=CN=C3C2)c1)CC(O)CCCCC1CCCCC1. The summed E-state index contributed by atoms with van der Waals surface area (Å²) in [6.07, 6.45) is 17.6. The predicted octanol–water partition coefficient (Wildman–Crippen LogP) is 3.87. The van der Waals surface area contributed by atoms with Crippen molar-refractivity contribution in [3.05, 3.63) is 47.8 Å². The highest BCUT2D eigenvalue weighted by molar-refractivity contribution is 6.06. The van der Waals surface area contributed by atoms with E-state index in [1.54, 1.807) is 6.07 Å². The molecule has 3 aliphatic rings. The minimum absolute atomic E-state index is 0.0869. The van der Waals surface area contributed by atoms with Crippen LogP contribution in [0.3, 0.4) is 0 Å². The van der Waals surface area contributed by atoms with Crippen molar-refractivity contribution in [3.8, 4) is 11.5 Å². The molecule has 4 rings (SSSR count). The lowest BCUT2D eigenvalue weighted by atomic mass is 9.85. The smallest absolute Gasteiger partial charge is 0.227 e. The molecule has 1 aliphatic carbocycles. The van der Waals surface area contributed by atoms with Gasteiger partial charge in [0.1, 0.15) is 24.2 Å². The number of ether oxygens (including phenoxy) is 1. The van der Waals surface area contributed by atoms with Crippen LogP contribution in [0.2, 0.25) is 0 Å². The second kappa shape index (κ2) is 12.3. The number of aromatic hydroxyl groups is 1. The Morgan fingerprint density at radius 1 is 1.21 bits per heavy atom. The molecule has 2 atom stereocenters. The van der Waals surface area contributed by atoms with Gasteiger partial charge in [-0.2, -0.15) is 0 Å². The fourth-order valence-corrected chi connectivity index (χ4v) is 5.28. The standard InChI is InChI=1S/C28H38N2O4/c31-24(9-5-4-8-21-6-2-1-3-7-21)17-25(32)12-10-22-11-13-27(33)28(16-22)34-20-30-18-23-14-15-29-26(23)19-30/h11,13-16,18,21,24,31,33H,1-10,12,17,19-20H2/p+1. The predicted molar refractivity (Wildman–Crippen MR) is 133 cm³/mol. The summed E-state index contributed by atoms with van der Waals surface area (Å²) in [5.74, 6) is 1.50. The number of allylic oxidation sites excluding steroid dienone is 1. The van der Waals surface area contributed by atoms with Crippen molar-refractivity contribution in [3.63, 3.8) is 0 Å². The molecule has 1 aromatic carbocycles. The van der Waals surface area contributed by atoms with E-state index in [-0.39, 0.29) is 18.0 Å². The molecule has 0 radical (unpaired) electrons. The van der Waals surface area contributed by atoms with Crippen molar-refractivity contribution in [2.75, 3.05) is 13.3 Å². The number of aryl methyl sites for hydroxylation is 1. The molecule has 3 N–H and O–H groups in total. The largest absolute Gasteiger partial charge is 0.504 e. The van der Waals surface area contributed by atoms with Crippen LogP contribution >= 0.6 is 0 Å². The van der Waals surface area contributed by atoms with Crippen molar-refractivity contribution in [2.24, 2.45) is 10.9 Å². The monoisotopic (exact) mass is 467 g/mol. The van der Waals surface area contributed by atoms with Crippen LogP contribution in [-0.2, 0) is 11.2 Å². The van der Waals surface area contributed by atoms with Crippen molar-refractivity contribution < 1.29 is 24.6 Å². The number of quaternary nitrogens is 1. The third kappa shape index (κ3) is 7.28. The van der Waals surface area contributed by atoms with E-state index in [4.69, 9.17) is 4.74 Å². The molecular weight excluding hydrogens is 428 g/mol. The molecular formula is C28H39N2O4+. The molecule has 0 aromatic heterocycles. The number of nitrogens with one attached hydrogen (secondary N) is 1. The van der Waals surface area contributed by atoms with E-state index in [0.717, 1.165) is 47.1 Å². The maximum Gasteiger partial charge on any atom is 0.227 e. The zero-order valence-electron chi connectivity index (χ0n) is 20.2. The summed E-state index contributed by atoms with van der Waals surface area (Å²) in [5, 5.41) is 20.4. The van der Waals surface area contributed by atoms with E-state index in [0.29, 0.717) is 31.7 Å². The Morgan fingerprint density at radius 3 is 2.88 bits per heavy atom. The van der Waals surface area contributed by atoms with Gasteiger partial charge in [-0.05, 0) is 42.5 Å². The fourth-order valence-electron chi connectivity index (χ4n) is 5.28. The molecule has 184 valence electrons. The lowest BCUT2D eigenvalue weighted by Gasteiger charge is -2.21. The van der Waals surface area contributed by atoms with Gasteiger partial charge >= 0.3 is 0 Å². The molecule has 0 amide bonds. The molecule has 2 aliphatic heterocycles. The minimum atomic E-state index is -0.533.